The van der Waals surface area contributed by atoms with E-state index in [1.807, 2.05) is 37.2 Å². The van der Waals surface area contributed by atoms with Gasteiger partial charge >= 0.3 is 18.1 Å². The van der Waals surface area contributed by atoms with Gasteiger partial charge in [0.2, 0.25) is 0 Å². The van der Waals surface area contributed by atoms with Crippen LogP contribution in [0.4, 0.5) is 4.79 Å². The molecule has 0 atom stereocenters. The predicted molar refractivity (Wildman–Crippen MR) is 239 cm³/mol. The van der Waals surface area contributed by atoms with Gasteiger partial charge in [0.15, 0.2) is 0 Å². The zero-order valence-corrected chi connectivity index (χ0v) is 38.3. The lowest BCUT2D eigenvalue weighted by Gasteiger charge is -2.15. The van der Waals surface area contributed by atoms with Crippen LogP contribution >= 0.6 is 0 Å². The standard InChI is InChI=1S/C49H87NO9/c1-5-7-9-11-13-19-25-32-47(51)56-39-29-23-17-15-21-27-37-54-45-34-35-46(44(42-45)43-59-49(53)58-41-31-36-50(3)4)55-38-28-22-16-18-24-30-40-57-48(52)33-26-20-14-12-10-8-6-2/h34-35,42H,5-33,36-41,43H2,1-4H3. The van der Waals surface area contributed by atoms with Crippen molar-refractivity contribution in [3.8, 4) is 11.5 Å². The van der Waals surface area contributed by atoms with Crippen LogP contribution in [0.15, 0.2) is 18.2 Å². The first-order valence-electron chi connectivity index (χ1n) is 24.0. The largest absolute Gasteiger partial charge is 0.508 e. The summed E-state index contributed by atoms with van der Waals surface area (Å²) in [5, 5.41) is 0. The second-order valence-electron chi connectivity index (χ2n) is 16.4. The molecular weight excluding hydrogens is 747 g/mol. The number of hydrogen-bond acceptors (Lipinski definition) is 10. The number of unbranched alkanes of at least 4 members (excludes halogenated alkanes) is 22. The number of benzene rings is 1. The Kier molecular flexibility index (Phi) is 37.0. The number of carbonyl (C=O) groups is 3. The topological polar surface area (TPSA) is 110 Å². The number of rotatable bonds is 42. The van der Waals surface area contributed by atoms with E-state index in [-0.39, 0.29) is 18.5 Å². The second-order valence-corrected chi connectivity index (χ2v) is 16.4. The highest BCUT2D eigenvalue weighted by molar-refractivity contribution is 5.69. The SMILES string of the molecule is CCCCCCCCCC(=O)OCCCCCCCCOc1ccc(OCCCCCCCCOC(=O)CCCCCCCCC)c(COC(=O)OCCCN(C)C)c1. The maximum atomic E-state index is 12.3. The van der Waals surface area contributed by atoms with Crippen LogP contribution in [0.1, 0.15) is 206 Å². The predicted octanol–water partition coefficient (Wildman–Crippen LogP) is 13.1. The van der Waals surface area contributed by atoms with Crippen molar-refractivity contribution in [3.05, 3.63) is 23.8 Å². The highest BCUT2D eigenvalue weighted by atomic mass is 16.7. The molecule has 0 aromatic heterocycles. The monoisotopic (exact) mass is 834 g/mol. The quantitative estimate of drug-likeness (QED) is 0.0359. The molecule has 0 heterocycles. The molecule has 0 fully saturated rings. The van der Waals surface area contributed by atoms with Gasteiger partial charge in [-0.1, -0.05) is 142 Å². The van der Waals surface area contributed by atoms with Crippen LogP contribution in [-0.4, -0.2) is 76.7 Å². The van der Waals surface area contributed by atoms with Gasteiger partial charge in [0.1, 0.15) is 18.1 Å². The number of ether oxygens (including phenoxy) is 6. The molecule has 0 saturated carbocycles. The Bertz CT molecular complexity index is 1140. The average Bonchev–Trinajstić information content (AvgIpc) is 3.22. The van der Waals surface area contributed by atoms with E-state index in [2.05, 4.69) is 13.8 Å². The molecule has 0 saturated heterocycles. The van der Waals surface area contributed by atoms with Crippen LogP contribution in [0.25, 0.3) is 0 Å². The van der Waals surface area contributed by atoms with Crippen LogP contribution in [0.5, 0.6) is 11.5 Å². The van der Waals surface area contributed by atoms with Gasteiger partial charge in [-0.2, -0.15) is 0 Å². The van der Waals surface area contributed by atoms with E-state index in [1.54, 1.807) is 0 Å². The summed E-state index contributed by atoms with van der Waals surface area (Å²) in [5.74, 6) is 1.29. The summed E-state index contributed by atoms with van der Waals surface area (Å²) in [5.41, 5.74) is 0.748. The molecule has 0 amide bonds. The fourth-order valence-electron chi connectivity index (χ4n) is 6.78. The number of nitrogens with zero attached hydrogens (tertiary/aromatic N) is 1. The average molecular weight is 834 g/mol. The van der Waals surface area contributed by atoms with Crippen molar-refractivity contribution in [1.29, 1.82) is 0 Å². The van der Waals surface area contributed by atoms with E-state index >= 15 is 0 Å². The molecule has 0 unspecified atom stereocenters. The molecule has 1 aromatic carbocycles. The Morgan fingerprint density at radius 2 is 0.881 bits per heavy atom. The minimum absolute atomic E-state index is 0.0388. The molecule has 0 spiro atoms. The van der Waals surface area contributed by atoms with E-state index in [4.69, 9.17) is 28.4 Å². The molecule has 0 aliphatic rings. The molecule has 0 aliphatic heterocycles. The molecule has 0 bridgehead atoms. The van der Waals surface area contributed by atoms with Crippen molar-refractivity contribution in [2.24, 2.45) is 0 Å². The molecular formula is C49H87NO9. The summed E-state index contributed by atoms with van der Waals surface area (Å²) in [4.78, 5) is 38.3. The number of esters is 2. The van der Waals surface area contributed by atoms with Gasteiger partial charge in [-0.05, 0) is 77.2 Å². The molecule has 342 valence electrons. The summed E-state index contributed by atoms with van der Waals surface area (Å²) >= 11 is 0. The second kappa shape index (κ2) is 40.4. The fourth-order valence-corrected chi connectivity index (χ4v) is 6.78. The van der Waals surface area contributed by atoms with Crippen molar-refractivity contribution in [2.45, 2.75) is 207 Å². The van der Waals surface area contributed by atoms with Gasteiger partial charge in [0, 0.05) is 24.9 Å². The Balaban J connectivity index is 2.29. The van der Waals surface area contributed by atoms with Crippen LogP contribution < -0.4 is 9.47 Å². The van der Waals surface area contributed by atoms with Gasteiger partial charge in [0.05, 0.1) is 33.0 Å². The lowest BCUT2D eigenvalue weighted by atomic mass is 10.1. The molecule has 0 N–H and O–H groups in total. The smallest absolute Gasteiger partial charge is 0.494 e. The maximum absolute atomic E-state index is 12.3. The minimum Gasteiger partial charge on any atom is -0.494 e. The zero-order valence-electron chi connectivity index (χ0n) is 38.3. The third kappa shape index (κ3) is 35.5. The molecule has 1 rings (SSSR count). The number of hydrogen-bond donors (Lipinski definition) is 0. The van der Waals surface area contributed by atoms with Crippen molar-refractivity contribution in [2.75, 3.05) is 53.7 Å². The van der Waals surface area contributed by atoms with Crippen LogP contribution in [0.2, 0.25) is 0 Å². The van der Waals surface area contributed by atoms with Crippen molar-refractivity contribution >= 4 is 18.1 Å². The van der Waals surface area contributed by atoms with Crippen LogP contribution in [0.3, 0.4) is 0 Å². The van der Waals surface area contributed by atoms with Gasteiger partial charge in [0.25, 0.3) is 0 Å². The lowest BCUT2D eigenvalue weighted by Crippen LogP contribution is -2.16. The maximum Gasteiger partial charge on any atom is 0.508 e. The molecule has 0 radical (unpaired) electrons. The summed E-state index contributed by atoms with van der Waals surface area (Å²) < 4.78 is 33.8. The number of carbonyl (C=O) groups excluding carboxylic acids is 3. The van der Waals surface area contributed by atoms with Gasteiger partial charge < -0.3 is 33.3 Å². The summed E-state index contributed by atoms with van der Waals surface area (Å²) in [6.45, 7) is 7.85. The van der Waals surface area contributed by atoms with E-state index in [9.17, 15) is 14.4 Å². The Morgan fingerprint density at radius 3 is 1.37 bits per heavy atom. The van der Waals surface area contributed by atoms with E-state index in [0.717, 1.165) is 127 Å². The molecule has 10 nitrogen and oxygen atoms in total. The third-order valence-electron chi connectivity index (χ3n) is 10.4. The molecule has 1 aromatic rings. The van der Waals surface area contributed by atoms with E-state index in [1.165, 1.54) is 64.2 Å². The zero-order chi connectivity index (χ0) is 42.9. The summed E-state index contributed by atoms with van der Waals surface area (Å²) in [6.07, 6.45) is 30.4. The van der Waals surface area contributed by atoms with Crippen molar-refractivity contribution in [3.63, 3.8) is 0 Å². The van der Waals surface area contributed by atoms with Crippen molar-refractivity contribution < 1.29 is 42.8 Å². The lowest BCUT2D eigenvalue weighted by molar-refractivity contribution is -0.144. The molecule has 0 aliphatic carbocycles. The Morgan fingerprint density at radius 1 is 0.458 bits per heavy atom. The van der Waals surface area contributed by atoms with Gasteiger partial charge in [-0.15, -0.1) is 0 Å². The first-order valence-corrected chi connectivity index (χ1v) is 24.0. The van der Waals surface area contributed by atoms with E-state index in [0.29, 0.717) is 51.6 Å². The summed E-state index contributed by atoms with van der Waals surface area (Å²) in [6, 6.07) is 5.70. The summed E-state index contributed by atoms with van der Waals surface area (Å²) in [7, 11) is 3.97. The normalized spacial score (nSPS) is 11.1. The molecule has 10 heteroatoms. The minimum atomic E-state index is -0.689. The van der Waals surface area contributed by atoms with E-state index < -0.39 is 6.16 Å². The van der Waals surface area contributed by atoms with Crippen LogP contribution in [0, 0.1) is 0 Å². The Labute approximate surface area is 360 Å². The van der Waals surface area contributed by atoms with Gasteiger partial charge in [-0.25, -0.2) is 4.79 Å². The first kappa shape index (κ1) is 54.0. The Hall–Kier alpha value is -3.01. The van der Waals surface area contributed by atoms with Crippen LogP contribution in [-0.2, 0) is 35.1 Å². The molecule has 59 heavy (non-hydrogen) atoms. The fraction of sp³-hybridized carbons (Fsp3) is 0.816. The van der Waals surface area contributed by atoms with Crippen molar-refractivity contribution in [1.82, 2.24) is 4.90 Å². The first-order chi connectivity index (χ1) is 28.8. The highest BCUT2D eigenvalue weighted by Crippen LogP contribution is 2.26. The van der Waals surface area contributed by atoms with Gasteiger partial charge in [-0.3, -0.25) is 9.59 Å². The highest BCUT2D eigenvalue weighted by Gasteiger charge is 2.12. The third-order valence-corrected chi connectivity index (χ3v) is 10.4.